The zero-order valence-corrected chi connectivity index (χ0v) is 13.5. The minimum atomic E-state index is -0.128. The number of morpholine rings is 1. The number of hydrogen-bond donors (Lipinski definition) is 1. The lowest BCUT2D eigenvalue weighted by Gasteiger charge is -2.35. The summed E-state index contributed by atoms with van der Waals surface area (Å²) in [5.74, 6) is 0.908. The first kappa shape index (κ1) is 15.1. The van der Waals surface area contributed by atoms with E-state index in [2.05, 4.69) is 20.1 Å². The molecule has 2 fully saturated rings. The number of carbonyl (C=O) groups excluding carboxylic acids is 1. The molecule has 1 N–H and O–H groups in total. The maximum Gasteiger partial charge on any atom is 0.254 e. The molecule has 126 valence electrons. The minimum Gasteiger partial charge on any atom is -0.377 e. The maximum atomic E-state index is 13.1. The van der Waals surface area contributed by atoms with E-state index in [1.54, 1.807) is 18.5 Å². The van der Waals surface area contributed by atoms with Gasteiger partial charge in [-0.2, -0.15) is 5.10 Å². The van der Waals surface area contributed by atoms with Gasteiger partial charge in [-0.3, -0.25) is 9.89 Å². The van der Waals surface area contributed by atoms with Crippen LogP contribution < -0.4 is 4.90 Å². The second-order valence-corrected chi connectivity index (χ2v) is 6.20. The fraction of sp³-hybridized carbons (Fsp3) is 0.471. The monoisotopic (exact) mass is 327 g/mol. The van der Waals surface area contributed by atoms with Crippen LogP contribution in [0.4, 0.5) is 5.82 Å². The van der Waals surface area contributed by atoms with Gasteiger partial charge in [0.2, 0.25) is 0 Å². The Balaban J connectivity index is 1.58. The van der Waals surface area contributed by atoms with E-state index in [1.165, 1.54) is 12.8 Å². The van der Waals surface area contributed by atoms with E-state index in [9.17, 15) is 4.79 Å². The highest BCUT2D eigenvalue weighted by Crippen LogP contribution is 2.26. The molecular weight excluding hydrogens is 306 g/mol. The lowest BCUT2D eigenvalue weighted by Crippen LogP contribution is -2.43. The highest BCUT2D eigenvalue weighted by molar-refractivity contribution is 5.95. The van der Waals surface area contributed by atoms with Crippen LogP contribution in [0.25, 0.3) is 0 Å². The van der Waals surface area contributed by atoms with Gasteiger partial charge in [0.25, 0.3) is 5.91 Å². The van der Waals surface area contributed by atoms with Crippen molar-refractivity contribution < 1.29 is 9.53 Å². The Bertz CT molecular complexity index is 697. The van der Waals surface area contributed by atoms with Crippen LogP contribution in [-0.2, 0) is 4.74 Å². The molecule has 4 heterocycles. The number of amides is 1. The molecule has 0 spiro atoms. The largest absolute Gasteiger partial charge is 0.377 e. The number of pyridine rings is 1. The van der Waals surface area contributed by atoms with Gasteiger partial charge in [-0.25, -0.2) is 4.98 Å². The molecule has 0 bridgehead atoms. The second kappa shape index (κ2) is 6.60. The number of carbonyl (C=O) groups is 1. The van der Waals surface area contributed by atoms with E-state index in [1.807, 2.05) is 17.0 Å². The first-order chi connectivity index (χ1) is 11.8. The van der Waals surface area contributed by atoms with Crippen molar-refractivity contribution in [2.45, 2.75) is 18.9 Å². The van der Waals surface area contributed by atoms with E-state index in [4.69, 9.17) is 4.74 Å². The fourth-order valence-electron chi connectivity index (χ4n) is 3.39. The molecule has 2 aromatic heterocycles. The van der Waals surface area contributed by atoms with Crippen molar-refractivity contribution >= 4 is 11.7 Å². The summed E-state index contributed by atoms with van der Waals surface area (Å²) in [7, 11) is 0. The van der Waals surface area contributed by atoms with Gasteiger partial charge in [0.1, 0.15) is 5.82 Å². The molecule has 7 heteroatoms. The Kier molecular flexibility index (Phi) is 4.17. The highest BCUT2D eigenvalue weighted by atomic mass is 16.5. The third-order valence-electron chi connectivity index (χ3n) is 4.69. The van der Waals surface area contributed by atoms with Gasteiger partial charge < -0.3 is 14.5 Å². The number of aromatic amines is 1. The van der Waals surface area contributed by atoms with Crippen molar-refractivity contribution in [1.82, 2.24) is 20.1 Å². The number of aromatic nitrogens is 3. The molecule has 1 atom stereocenters. The average Bonchev–Trinajstić information content (AvgIpc) is 3.35. The van der Waals surface area contributed by atoms with E-state index in [-0.39, 0.29) is 11.9 Å². The maximum absolute atomic E-state index is 13.1. The first-order valence-electron chi connectivity index (χ1n) is 8.42. The normalized spacial score (nSPS) is 21.2. The molecule has 2 aliphatic rings. The lowest BCUT2D eigenvalue weighted by atomic mass is 10.1. The van der Waals surface area contributed by atoms with Crippen molar-refractivity contribution in [3.8, 4) is 0 Å². The number of anilines is 1. The predicted molar refractivity (Wildman–Crippen MR) is 88.9 cm³/mol. The van der Waals surface area contributed by atoms with Gasteiger partial charge >= 0.3 is 0 Å². The van der Waals surface area contributed by atoms with Crippen molar-refractivity contribution in [3.63, 3.8) is 0 Å². The lowest BCUT2D eigenvalue weighted by molar-refractivity contribution is -0.00391. The van der Waals surface area contributed by atoms with Gasteiger partial charge in [0, 0.05) is 37.6 Å². The molecular formula is C17H21N5O2. The molecule has 2 aliphatic heterocycles. The Morgan fingerprint density at radius 1 is 1.21 bits per heavy atom. The molecule has 0 saturated carbocycles. The molecule has 7 nitrogen and oxygen atoms in total. The first-order valence-corrected chi connectivity index (χ1v) is 8.42. The number of hydrogen-bond acceptors (Lipinski definition) is 5. The molecule has 2 saturated heterocycles. The van der Waals surface area contributed by atoms with Crippen LogP contribution in [0.1, 0.15) is 34.9 Å². The van der Waals surface area contributed by atoms with Gasteiger partial charge in [0.05, 0.1) is 24.9 Å². The average molecular weight is 327 g/mol. The zero-order chi connectivity index (χ0) is 16.4. The molecule has 0 aliphatic carbocycles. The summed E-state index contributed by atoms with van der Waals surface area (Å²) < 4.78 is 5.56. The van der Waals surface area contributed by atoms with E-state index < -0.39 is 0 Å². The van der Waals surface area contributed by atoms with Gasteiger partial charge in [0.15, 0.2) is 0 Å². The third-order valence-corrected chi connectivity index (χ3v) is 4.69. The zero-order valence-electron chi connectivity index (χ0n) is 13.5. The summed E-state index contributed by atoms with van der Waals surface area (Å²) in [5, 5.41) is 6.95. The molecule has 4 rings (SSSR count). The van der Waals surface area contributed by atoms with Crippen LogP contribution in [0.5, 0.6) is 0 Å². The van der Waals surface area contributed by atoms with Gasteiger partial charge in [-0.1, -0.05) is 0 Å². The Morgan fingerprint density at radius 2 is 2.08 bits per heavy atom. The fourth-order valence-corrected chi connectivity index (χ4v) is 3.39. The van der Waals surface area contributed by atoms with Crippen LogP contribution >= 0.6 is 0 Å². The van der Waals surface area contributed by atoms with E-state index in [0.29, 0.717) is 25.3 Å². The number of nitrogens with zero attached hydrogens (tertiary/aromatic N) is 4. The topological polar surface area (TPSA) is 74.3 Å². The molecule has 0 radical (unpaired) electrons. The minimum absolute atomic E-state index is 0.0146. The van der Waals surface area contributed by atoms with Gasteiger partial charge in [-0.05, 0) is 31.0 Å². The smallest absolute Gasteiger partial charge is 0.254 e. The SMILES string of the molecule is O=C(c1ccnc(N2CCCC2)c1)N1CCOC[C@H]1c1ccn[nH]1. The Labute approximate surface area is 140 Å². The van der Waals surface area contributed by atoms with Crippen molar-refractivity contribution in [2.75, 3.05) is 37.7 Å². The van der Waals surface area contributed by atoms with Crippen molar-refractivity contribution in [2.24, 2.45) is 0 Å². The predicted octanol–water partition coefficient (Wildman–Crippen LogP) is 1.62. The number of ether oxygens (including phenoxy) is 1. The summed E-state index contributed by atoms with van der Waals surface area (Å²) >= 11 is 0. The summed E-state index contributed by atoms with van der Waals surface area (Å²) in [6.07, 6.45) is 5.80. The van der Waals surface area contributed by atoms with Gasteiger partial charge in [-0.15, -0.1) is 0 Å². The highest BCUT2D eigenvalue weighted by Gasteiger charge is 2.30. The molecule has 2 aromatic rings. The summed E-state index contributed by atoms with van der Waals surface area (Å²) in [6.45, 7) is 3.64. The number of H-pyrrole nitrogens is 1. The van der Waals surface area contributed by atoms with Crippen molar-refractivity contribution in [1.29, 1.82) is 0 Å². The summed E-state index contributed by atoms with van der Waals surface area (Å²) in [6, 6.07) is 5.47. The van der Waals surface area contributed by atoms with Crippen LogP contribution in [-0.4, -0.2) is 58.8 Å². The van der Waals surface area contributed by atoms with E-state index in [0.717, 1.165) is 24.6 Å². The van der Waals surface area contributed by atoms with Crippen LogP contribution in [0, 0.1) is 0 Å². The number of rotatable bonds is 3. The molecule has 24 heavy (non-hydrogen) atoms. The van der Waals surface area contributed by atoms with Crippen LogP contribution in [0.2, 0.25) is 0 Å². The quantitative estimate of drug-likeness (QED) is 0.927. The standard InChI is InChI=1S/C17H21N5O2/c23-17(13-3-5-18-16(11-13)21-7-1-2-8-21)22-9-10-24-12-15(22)14-4-6-19-20-14/h3-6,11,15H,1-2,7-10,12H2,(H,19,20)/t15-/m0/s1. The molecule has 1 amide bonds. The summed E-state index contributed by atoms with van der Waals surface area (Å²) in [5.41, 5.74) is 1.58. The Morgan fingerprint density at radius 3 is 2.88 bits per heavy atom. The molecule has 0 unspecified atom stereocenters. The van der Waals surface area contributed by atoms with Crippen LogP contribution in [0.15, 0.2) is 30.6 Å². The summed E-state index contributed by atoms with van der Waals surface area (Å²) in [4.78, 5) is 21.6. The van der Waals surface area contributed by atoms with Crippen LogP contribution in [0.3, 0.4) is 0 Å². The third kappa shape index (κ3) is 2.87. The number of nitrogens with one attached hydrogen (secondary N) is 1. The Hall–Kier alpha value is -2.41. The molecule has 0 aromatic carbocycles. The van der Waals surface area contributed by atoms with Crippen molar-refractivity contribution in [3.05, 3.63) is 41.9 Å². The van der Waals surface area contributed by atoms with E-state index >= 15 is 0 Å². The second-order valence-electron chi connectivity index (χ2n) is 6.20.